The van der Waals surface area contributed by atoms with Crippen molar-refractivity contribution in [2.24, 2.45) is 0 Å². The third-order valence-corrected chi connectivity index (χ3v) is 5.41. The topological polar surface area (TPSA) is 59.0 Å². The Morgan fingerprint density at radius 2 is 2.14 bits per heavy atom. The number of carbonyl (C=O) groups excluding carboxylic acids is 1. The fourth-order valence-electron chi connectivity index (χ4n) is 3.46. The summed E-state index contributed by atoms with van der Waals surface area (Å²) in [5.41, 5.74) is 2.26. The molecule has 1 saturated heterocycles. The van der Waals surface area contributed by atoms with Crippen LogP contribution in [0.25, 0.3) is 0 Å². The predicted molar refractivity (Wildman–Crippen MR) is 83.3 cm³/mol. The second-order valence-electron chi connectivity index (χ2n) is 5.65. The number of hydrogen-bond acceptors (Lipinski definition) is 5. The van der Waals surface area contributed by atoms with Crippen LogP contribution >= 0.6 is 11.8 Å². The van der Waals surface area contributed by atoms with Gasteiger partial charge in [-0.3, -0.25) is 9.78 Å². The molecule has 4 heterocycles. The highest BCUT2D eigenvalue weighted by Gasteiger charge is 2.42. The van der Waals surface area contributed by atoms with E-state index in [0.717, 1.165) is 35.4 Å². The van der Waals surface area contributed by atoms with Crippen molar-refractivity contribution in [1.29, 1.82) is 0 Å². The van der Waals surface area contributed by atoms with Gasteiger partial charge in [-0.15, -0.1) is 11.8 Å². The van der Waals surface area contributed by atoms with Crippen molar-refractivity contribution in [2.45, 2.75) is 36.2 Å². The number of nitrogens with zero attached hydrogens (tertiary/aromatic N) is 4. The van der Waals surface area contributed by atoms with Crippen LogP contribution in [-0.2, 0) is 11.2 Å². The van der Waals surface area contributed by atoms with Crippen LogP contribution in [0.3, 0.4) is 0 Å². The summed E-state index contributed by atoms with van der Waals surface area (Å²) in [7, 11) is 0. The average molecular weight is 312 g/mol. The second-order valence-corrected chi connectivity index (χ2v) is 6.70. The molecule has 2 atom stereocenters. The lowest BCUT2D eigenvalue weighted by atomic mass is 9.99. The van der Waals surface area contributed by atoms with Gasteiger partial charge in [0.1, 0.15) is 6.33 Å². The van der Waals surface area contributed by atoms with E-state index in [1.54, 1.807) is 30.5 Å². The summed E-state index contributed by atoms with van der Waals surface area (Å²) in [5, 5.41) is 0. The fourth-order valence-corrected chi connectivity index (χ4v) is 4.21. The molecule has 2 aromatic rings. The molecule has 5 nitrogen and oxygen atoms in total. The van der Waals surface area contributed by atoms with Crippen molar-refractivity contribution < 1.29 is 4.79 Å². The highest BCUT2D eigenvalue weighted by molar-refractivity contribution is 8.00. The van der Waals surface area contributed by atoms with E-state index in [1.807, 2.05) is 18.3 Å². The fraction of sp³-hybridized carbons (Fsp3) is 0.375. The van der Waals surface area contributed by atoms with Gasteiger partial charge in [0, 0.05) is 41.5 Å². The van der Waals surface area contributed by atoms with E-state index < -0.39 is 0 Å². The van der Waals surface area contributed by atoms with Gasteiger partial charge in [-0.1, -0.05) is 0 Å². The minimum Gasteiger partial charge on any atom is -0.331 e. The Labute approximate surface area is 133 Å². The normalized spacial score (nSPS) is 22.5. The van der Waals surface area contributed by atoms with Gasteiger partial charge < -0.3 is 4.90 Å². The van der Waals surface area contributed by atoms with Crippen molar-refractivity contribution in [1.82, 2.24) is 19.9 Å². The SMILES string of the molecule is O=C(CSc1ccncc1)N1C2CCC1c1cncnc1C2. The largest absolute Gasteiger partial charge is 0.331 e. The summed E-state index contributed by atoms with van der Waals surface area (Å²) in [6.07, 6.45) is 9.94. The Kier molecular flexibility index (Phi) is 3.54. The van der Waals surface area contributed by atoms with Gasteiger partial charge in [0.25, 0.3) is 0 Å². The molecule has 0 saturated carbocycles. The predicted octanol–water partition coefficient (Wildman–Crippen LogP) is 2.25. The molecule has 6 heteroatoms. The second kappa shape index (κ2) is 5.68. The molecule has 2 aromatic heterocycles. The molecule has 2 bridgehead atoms. The van der Waals surface area contributed by atoms with Gasteiger partial charge in [-0.25, -0.2) is 9.97 Å². The molecule has 4 rings (SSSR count). The molecule has 0 aromatic carbocycles. The van der Waals surface area contributed by atoms with Gasteiger partial charge in [0.2, 0.25) is 5.91 Å². The number of carbonyl (C=O) groups is 1. The van der Waals surface area contributed by atoms with Crippen LogP contribution in [0.4, 0.5) is 0 Å². The number of fused-ring (bicyclic) bond motifs is 4. The quantitative estimate of drug-likeness (QED) is 0.814. The van der Waals surface area contributed by atoms with Gasteiger partial charge in [-0.2, -0.15) is 0 Å². The molecule has 2 aliphatic rings. The number of rotatable bonds is 3. The van der Waals surface area contributed by atoms with Crippen molar-refractivity contribution in [3.8, 4) is 0 Å². The number of aromatic nitrogens is 3. The minimum absolute atomic E-state index is 0.167. The van der Waals surface area contributed by atoms with E-state index in [9.17, 15) is 4.79 Å². The van der Waals surface area contributed by atoms with Gasteiger partial charge in [-0.05, 0) is 25.0 Å². The average Bonchev–Trinajstić information content (AvgIpc) is 2.89. The maximum atomic E-state index is 12.7. The van der Waals surface area contributed by atoms with E-state index in [1.165, 1.54) is 0 Å². The highest BCUT2D eigenvalue weighted by atomic mass is 32.2. The number of hydrogen-bond donors (Lipinski definition) is 0. The van der Waals surface area contributed by atoms with E-state index in [2.05, 4.69) is 19.9 Å². The molecular weight excluding hydrogens is 296 g/mol. The smallest absolute Gasteiger partial charge is 0.233 e. The lowest BCUT2D eigenvalue weighted by Crippen LogP contribution is -2.43. The van der Waals surface area contributed by atoms with Crippen LogP contribution in [-0.4, -0.2) is 37.6 Å². The van der Waals surface area contributed by atoms with Gasteiger partial charge in [0.05, 0.1) is 17.5 Å². The monoisotopic (exact) mass is 312 g/mol. The summed E-state index contributed by atoms with van der Waals surface area (Å²) in [6, 6.07) is 4.34. The van der Waals surface area contributed by atoms with Crippen LogP contribution in [0, 0.1) is 0 Å². The summed E-state index contributed by atoms with van der Waals surface area (Å²) in [6.45, 7) is 0. The zero-order valence-corrected chi connectivity index (χ0v) is 12.9. The maximum Gasteiger partial charge on any atom is 0.233 e. The zero-order valence-electron chi connectivity index (χ0n) is 12.1. The molecule has 22 heavy (non-hydrogen) atoms. The number of amides is 1. The van der Waals surface area contributed by atoms with E-state index in [4.69, 9.17) is 0 Å². The van der Waals surface area contributed by atoms with Crippen LogP contribution in [0.15, 0.2) is 41.9 Å². The molecule has 0 spiro atoms. The summed E-state index contributed by atoms with van der Waals surface area (Å²) < 4.78 is 0. The Morgan fingerprint density at radius 1 is 1.27 bits per heavy atom. The molecular formula is C16H16N4OS. The van der Waals surface area contributed by atoms with Crippen LogP contribution in [0.1, 0.15) is 30.1 Å². The molecule has 112 valence electrons. The van der Waals surface area contributed by atoms with Crippen molar-refractivity contribution in [3.05, 3.63) is 48.3 Å². The van der Waals surface area contributed by atoms with Crippen molar-refractivity contribution in [3.63, 3.8) is 0 Å². The van der Waals surface area contributed by atoms with Crippen LogP contribution in [0.2, 0.25) is 0 Å². The first kappa shape index (κ1) is 13.7. The van der Waals surface area contributed by atoms with Crippen LogP contribution in [0.5, 0.6) is 0 Å². The first-order chi connectivity index (χ1) is 10.8. The lowest BCUT2D eigenvalue weighted by Gasteiger charge is -2.35. The third-order valence-electron chi connectivity index (χ3n) is 4.42. The Morgan fingerprint density at radius 3 is 3.00 bits per heavy atom. The Balaban J connectivity index is 1.50. The molecule has 1 fully saturated rings. The summed E-state index contributed by atoms with van der Waals surface area (Å²) >= 11 is 1.57. The van der Waals surface area contributed by atoms with E-state index in [-0.39, 0.29) is 11.9 Å². The maximum absolute atomic E-state index is 12.7. The minimum atomic E-state index is 0.167. The van der Waals surface area contributed by atoms with Crippen molar-refractivity contribution in [2.75, 3.05) is 5.75 Å². The van der Waals surface area contributed by atoms with Gasteiger partial charge >= 0.3 is 0 Å². The summed E-state index contributed by atoms with van der Waals surface area (Å²) in [5.74, 6) is 0.684. The van der Waals surface area contributed by atoms with Crippen molar-refractivity contribution >= 4 is 17.7 Å². The lowest BCUT2D eigenvalue weighted by molar-refractivity contribution is -0.131. The molecule has 0 radical (unpaired) electrons. The molecule has 2 aliphatic heterocycles. The molecule has 0 aliphatic carbocycles. The standard InChI is InChI=1S/C16H16N4OS/c21-16(9-22-12-3-5-17-6-4-12)20-11-1-2-15(20)13-8-18-10-19-14(13)7-11/h3-6,8,10-11,15H,1-2,7,9H2. The van der Waals surface area contributed by atoms with E-state index >= 15 is 0 Å². The Bertz CT molecular complexity index is 694. The zero-order chi connectivity index (χ0) is 14.9. The molecule has 1 amide bonds. The van der Waals surface area contributed by atoms with E-state index in [0.29, 0.717) is 11.8 Å². The molecule has 2 unspecified atom stereocenters. The first-order valence-electron chi connectivity index (χ1n) is 7.45. The van der Waals surface area contributed by atoms with Crippen LogP contribution < -0.4 is 0 Å². The summed E-state index contributed by atoms with van der Waals surface area (Å²) in [4.78, 5) is 28.4. The first-order valence-corrected chi connectivity index (χ1v) is 8.44. The number of pyridine rings is 1. The Hall–Kier alpha value is -1.95. The molecule has 0 N–H and O–H groups in total. The highest BCUT2D eigenvalue weighted by Crippen LogP contribution is 2.43. The number of thioether (sulfide) groups is 1. The van der Waals surface area contributed by atoms with Gasteiger partial charge in [0.15, 0.2) is 0 Å². The third kappa shape index (κ3) is 2.37.